The lowest BCUT2D eigenvalue weighted by molar-refractivity contribution is -0.119. The smallest absolute Gasteiger partial charge is 0.321 e. The van der Waals surface area contributed by atoms with Gasteiger partial charge >= 0.3 is 6.03 Å². The highest BCUT2D eigenvalue weighted by atomic mass is 35.5. The summed E-state index contributed by atoms with van der Waals surface area (Å²) in [6.45, 7) is 2.49. The van der Waals surface area contributed by atoms with E-state index in [2.05, 4.69) is 10.6 Å². The van der Waals surface area contributed by atoms with Gasteiger partial charge in [0.1, 0.15) is 0 Å². The molecule has 5 heteroatoms. The van der Waals surface area contributed by atoms with Crippen molar-refractivity contribution < 1.29 is 9.59 Å². The molecule has 1 rings (SSSR count). The van der Waals surface area contributed by atoms with Crippen LogP contribution in [0.25, 0.3) is 0 Å². The zero-order valence-electron chi connectivity index (χ0n) is 10.3. The topological polar surface area (TPSA) is 58.2 Å². The second kappa shape index (κ2) is 7.71. The molecule has 1 unspecified atom stereocenters. The Morgan fingerprint density at radius 3 is 2.56 bits per heavy atom. The van der Waals surface area contributed by atoms with Crippen molar-refractivity contribution in [3.05, 3.63) is 35.9 Å². The van der Waals surface area contributed by atoms with Gasteiger partial charge in [-0.15, -0.1) is 11.6 Å². The Morgan fingerprint density at radius 2 is 1.94 bits per heavy atom. The van der Waals surface area contributed by atoms with Crippen LogP contribution in [-0.4, -0.2) is 24.4 Å². The Kier molecular flexibility index (Phi) is 6.22. The molecule has 0 saturated carbocycles. The number of urea groups is 1. The van der Waals surface area contributed by atoms with E-state index < -0.39 is 6.03 Å². The first-order valence-electron chi connectivity index (χ1n) is 5.82. The van der Waals surface area contributed by atoms with Crippen LogP contribution >= 0.6 is 11.6 Å². The summed E-state index contributed by atoms with van der Waals surface area (Å²) in [6.07, 6.45) is 0.142. The molecule has 0 aliphatic rings. The molecule has 98 valence electrons. The van der Waals surface area contributed by atoms with Gasteiger partial charge in [-0.2, -0.15) is 0 Å². The van der Waals surface area contributed by atoms with E-state index in [0.717, 1.165) is 5.56 Å². The number of carbonyl (C=O) groups is 2. The zero-order chi connectivity index (χ0) is 13.4. The summed E-state index contributed by atoms with van der Waals surface area (Å²) < 4.78 is 0. The Morgan fingerprint density at radius 1 is 1.28 bits per heavy atom. The van der Waals surface area contributed by atoms with Crippen LogP contribution in [0, 0.1) is 0 Å². The first-order chi connectivity index (χ1) is 8.63. The highest BCUT2D eigenvalue weighted by molar-refractivity contribution is 6.19. The third-order valence-electron chi connectivity index (χ3n) is 2.51. The van der Waals surface area contributed by atoms with Crippen molar-refractivity contribution in [2.45, 2.75) is 19.3 Å². The third-order valence-corrected chi connectivity index (χ3v) is 2.70. The van der Waals surface area contributed by atoms with Crippen molar-refractivity contribution in [2.24, 2.45) is 0 Å². The van der Waals surface area contributed by atoms with Gasteiger partial charge in [0, 0.05) is 18.8 Å². The number of hydrogen-bond acceptors (Lipinski definition) is 2. The number of hydrogen-bond donors (Lipinski definition) is 2. The number of benzene rings is 1. The van der Waals surface area contributed by atoms with Crippen molar-refractivity contribution in [1.82, 2.24) is 10.6 Å². The van der Waals surface area contributed by atoms with Gasteiger partial charge in [0.2, 0.25) is 5.91 Å². The first-order valence-corrected chi connectivity index (χ1v) is 6.35. The molecule has 1 atom stereocenters. The summed E-state index contributed by atoms with van der Waals surface area (Å²) in [5.74, 6) is 0.0365. The molecule has 18 heavy (non-hydrogen) atoms. The van der Waals surface area contributed by atoms with E-state index in [9.17, 15) is 9.59 Å². The quantitative estimate of drug-likeness (QED) is 0.805. The molecule has 1 aromatic rings. The van der Waals surface area contributed by atoms with Gasteiger partial charge < -0.3 is 5.32 Å². The molecule has 1 aromatic carbocycles. The zero-order valence-corrected chi connectivity index (χ0v) is 11.0. The van der Waals surface area contributed by atoms with Crippen LogP contribution in [0.2, 0.25) is 0 Å². The van der Waals surface area contributed by atoms with Crippen molar-refractivity contribution in [3.63, 3.8) is 0 Å². The van der Waals surface area contributed by atoms with Crippen molar-refractivity contribution in [2.75, 3.05) is 12.4 Å². The third kappa shape index (κ3) is 5.19. The van der Waals surface area contributed by atoms with E-state index in [-0.39, 0.29) is 24.1 Å². The van der Waals surface area contributed by atoms with Gasteiger partial charge in [0.05, 0.1) is 0 Å². The SMILES string of the molecule is CC(CNC(=O)NC(=O)CCCl)c1ccccc1. The number of halogens is 1. The molecule has 2 N–H and O–H groups in total. The molecule has 0 saturated heterocycles. The summed E-state index contributed by atoms with van der Waals surface area (Å²) in [6, 6.07) is 9.38. The van der Waals surface area contributed by atoms with Gasteiger partial charge in [0.15, 0.2) is 0 Å². The van der Waals surface area contributed by atoms with Crippen molar-refractivity contribution in [1.29, 1.82) is 0 Å². The Balaban J connectivity index is 2.32. The van der Waals surface area contributed by atoms with Crippen LogP contribution in [0.1, 0.15) is 24.8 Å². The fourth-order valence-corrected chi connectivity index (χ4v) is 1.64. The van der Waals surface area contributed by atoms with Crippen LogP contribution in [0.15, 0.2) is 30.3 Å². The van der Waals surface area contributed by atoms with E-state index in [1.54, 1.807) is 0 Å². The van der Waals surface area contributed by atoms with Crippen LogP contribution in [0.4, 0.5) is 4.79 Å². The summed E-state index contributed by atoms with van der Waals surface area (Å²) in [5.41, 5.74) is 1.14. The molecule has 4 nitrogen and oxygen atoms in total. The van der Waals surface area contributed by atoms with E-state index in [1.807, 2.05) is 37.3 Å². The number of amides is 3. The first kappa shape index (κ1) is 14.5. The number of alkyl halides is 1. The van der Waals surface area contributed by atoms with Crippen molar-refractivity contribution in [3.8, 4) is 0 Å². The highest BCUT2D eigenvalue weighted by Crippen LogP contribution is 2.12. The molecule has 0 bridgehead atoms. The van der Waals surface area contributed by atoms with E-state index in [0.29, 0.717) is 6.54 Å². The fourth-order valence-electron chi connectivity index (χ4n) is 1.46. The molecular weight excluding hydrogens is 252 g/mol. The summed E-state index contributed by atoms with van der Waals surface area (Å²) in [4.78, 5) is 22.5. The summed E-state index contributed by atoms with van der Waals surface area (Å²) in [7, 11) is 0. The number of rotatable bonds is 5. The predicted molar refractivity (Wildman–Crippen MR) is 71.7 cm³/mol. The molecule has 3 amide bonds. The van der Waals surface area contributed by atoms with E-state index in [4.69, 9.17) is 11.6 Å². The van der Waals surface area contributed by atoms with Crippen LogP contribution in [0.3, 0.4) is 0 Å². The lowest BCUT2D eigenvalue weighted by atomic mass is 10.0. The number of carbonyl (C=O) groups excluding carboxylic acids is 2. The van der Waals surface area contributed by atoms with Crippen LogP contribution in [0.5, 0.6) is 0 Å². The maximum Gasteiger partial charge on any atom is 0.321 e. The van der Waals surface area contributed by atoms with Crippen LogP contribution in [-0.2, 0) is 4.79 Å². The predicted octanol–water partition coefficient (Wildman–Crippen LogP) is 2.24. The Bertz CT molecular complexity index is 395. The largest absolute Gasteiger partial charge is 0.337 e. The van der Waals surface area contributed by atoms with E-state index in [1.165, 1.54) is 0 Å². The Labute approximate surface area is 112 Å². The van der Waals surface area contributed by atoms with Crippen LogP contribution < -0.4 is 10.6 Å². The van der Waals surface area contributed by atoms with Gasteiger partial charge in [-0.3, -0.25) is 10.1 Å². The second-order valence-corrected chi connectivity index (χ2v) is 4.39. The minimum absolute atomic E-state index is 0.142. The average molecular weight is 269 g/mol. The molecule has 0 aliphatic carbocycles. The molecule has 0 radical (unpaired) electrons. The van der Waals surface area contributed by atoms with Gasteiger partial charge in [-0.1, -0.05) is 37.3 Å². The molecule has 0 aromatic heterocycles. The second-order valence-electron chi connectivity index (χ2n) is 4.01. The lowest BCUT2D eigenvalue weighted by Crippen LogP contribution is -2.40. The summed E-state index contributed by atoms with van der Waals surface area (Å²) >= 11 is 5.39. The number of nitrogens with one attached hydrogen (secondary N) is 2. The molecular formula is C13H17ClN2O2. The molecule has 0 aliphatic heterocycles. The molecule has 0 spiro atoms. The normalized spacial score (nSPS) is 11.7. The standard InChI is InChI=1S/C13H17ClN2O2/c1-10(11-5-3-2-4-6-11)9-15-13(18)16-12(17)7-8-14/h2-6,10H,7-9H2,1H3,(H2,15,16,17,18). The van der Waals surface area contributed by atoms with Gasteiger partial charge in [-0.25, -0.2) is 4.79 Å². The minimum Gasteiger partial charge on any atom is -0.337 e. The molecule has 0 heterocycles. The van der Waals surface area contributed by atoms with E-state index >= 15 is 0 Å². The molecule has 0 fully saturated rings. The maximum absolute atomic E-state index is 11.4. The van der Waals surface area contributed by atoms with Gasteiger partial charge in [0.25, 0.3) is 0 Å². The van der Waals surface area contributed by atoms with Crippen molar-refractivity contribution >= 4 is 23.5 Å². The summed E-state index contributed by atoms with van der Waals surface area (Å²) in [5, 5.41) is 4.87. The lowest BCUT2D eigenvalue weighted by Gasteiger charge is -2.13. The average Bonchev–Trinajstić information content (AvgIpc) is 2.37. The minimum atomic E-state index is -0.479. The maximum atomic E-state index is 11.4. The monoisotopic (exact) mass is 268 g/mol. The highest BCUT2D eigenvalue weighted by Gasteiger charge is 2.09. The number of imide groups is 1. The fraction of sp³-hybridized carbons (Fsp3) is 0.385. The Hall–Kier alpha value is -1.55. The van der Waals surface area contributed by atoms with Gasteiger partial charge in [-0.05, 0) is 11.5 Å².